The highest BCUT2D eigenvalue weighted by Crippen LogP contribution is 2.32. The number of nitrogens with zero attached hydrogens (tertiary/aromatic N) is 3. The Labute approximate surface area is 129 Å². The number of methoxy groups -OCH3 is 1. The van der Waals surface area contributed by atoms with Gasteiger partial charge in [0, 0.05) is 19.6 Å². The van der Waals surface area contributed by atoms with E-state index in [4.69, 9.17) is 10.5 Å². The molecule has 122 valence electrons. The fourth-order valence-electron chi connectivity index (χ4n) is 3.02. The number of ether oxygens (including phenoxy) is 1. The van der Waals surface area contributed by atoms with Crippen LogP contribution in [-0.4, -0.2) is 40.9 Å². The second kappa shape index (κ2) is 8.39. The molecular weight excluding hydrogens is 264 g/mol. The van der Waals surface area contributed by atoms with Crippen LogP contribution in [0.1, 0.15) is 57.3 Å². The molecule has 0 bridgehead atoms. The van der Waals surface area contributed by atoms with Crippen LogP contribution in [0.25, 0.3) is 0 Å². The SMILES string of the molecule is CCCCCN(C(C)C)C(CN)c1c(C)nn(C)c1OC. The summed E-state index contributed by atoms with van der Waals surface area (Å²) >= 11 is 0. The van der Waals surface area contributed by atoms with E-state index >= 15 is 0 Å². The van der Waals surface area contributed by atoms with E-state index < -0.39 is 0 Å². The molecule has 0 saturated heterocycles. The summed E-state index contributed by atoms with van der Waals surface area (Å²) in [6.45, 7) is 10.4. The summed E-state index contributed by atoms with van der Waals surface area (Å²) in [6, 6.07) is 0.602. The van der Waals surface area contributed by atoms with E-state index in [-0.39, 0.29) is 6.04 Å². The van der Waals surface area contributed by atoms with Gasteiger partial charge in [-0.2, -0.15) is 5.10 Å². The van der Waals surface area contributed by atoms with Crippen molar-refractivity contribution >= 4 is 0 Å². The highest BCUT2D eigenvalue weighted by atomic mass is 16.5. The monoisotopic (exact) mass is 296 g/mol. The van der Waals surface area contributed by atoms with Crippen molar-refractivity contribution in [3.63, 3.8) is 0 Å². The van der Waals surface area contributed by atoms with Crippen LogP contribution in [0.3, 0.4) is 0 Å². The fraction of sp³-hybridized carbons (Fsp3) is 0.812. The lowest BCUT2D eigenvalue weighted by atomic mass is 10.0. The molecule has 0 aliphatic heterocycles. The summed E-state index contributed by atoms with van der Waals surface area (Å²) in [5, 5.41) is 4.50. The van der Waals surface area contributed by atoms with E-state index in [1.54, 1.807) is 11.8 Å². The number of aromatic nitrogens is 2. The maximum atomic E-state index is 6.12. The molecule has 0 aliphatic rings. The van der Waals surface area contributed by atoms with E-state index in [2.05, 4.69) is 30.8 Å². The fourth-order valence-corrected chi connectivity index (χ4v) is 3.02. The Morgan fingerprint density at radius 2 is 2.00 bits per heavy atom. The standard InChI is InChI=1S/C16H32N4O/c1-7-8-9-10-20(12(2)3)14(11-17)15-13(4)18-19(5)16(15)21-6/h12,14H,7-11,17H2,1-6H3. The zero-order valence-corrected chi connectivity index (χ0v) is 14.5. The first-order valence-corrected chi connectivity index (χ1v) is 8.01. The second-order valence-corrected chi connectivity index (χ2v) is 5.92. The first-order chi connectivity index (χ1) is 9.97. The van der Waals surface area contributed by atoms with Crippen molar-refractivity contribution in [1.82, 2.24) is 14.7 Å². The molecular formula is C16H32N4O. The molecule has 0 aliphatic carbocycles. The number of hydrogen-bond donors (Lipinski definition) is 1. The van der Waals surface area contributed by atoms with Crippen LogP contribution in [0.4, 0.5) is 0 Å². The lowest BCUT2D eigenvalue weighted by molar-refractivity contribution is 0.150. The Kier molecular flexibility index (Phi) is 7.18. The summed E-state index contributed by atoms with van der Waals surface area (Å²) in [6.07, 6.45) is 3.69. The van der Waals surface area contributed by atoms with E-state index in [9.17, 15) is 0 Å². The van der Waals surface area contributed by atoms with Crippen LogP contribution in [0.5, 0.6) is 5.88 Å². The summed E-state index contributed by atoms with van der Waals surface area (Å²) in [5.41, 5.74) is 8.25. The van der Waals surface area contributed by atoms with E-state index in [1.807, 2.05) is 14.0 Å². The summed E-state index contributed by atoms with van der Waals surface area (Å²) in [7, 11) is 3.62. The van der Waals surface area contributed by atoms with Crippen LogP contribution in [0.15, 0.2) is 0 Å². The number of hydrogen-bond acceptors (Lipinski definition) is 4. The van der Waals surface area contributed by atoms with Gasteiger partial charge in [0.25, 0.3) is 0 Å². The number of unbranched alkanes of at least 4 members (excludes halogenated alkanes) is 2. The average Bonchev–Trinajstić information content (AvgIpc) is 2.72. The predicted molar refractivity (Wildman–Crippen MR) is 87.7 cm³/mol. The molecule has 1 atom stereocenters. The molecule has 1 aromatic heterocycles. The van der Waals surface area contributed by atoms with Gasteiger partial charge in [-0.25, -0.2) is 4.68 Å². The molecule has 0 spiro atoms. The second-order valence-electron chi connectivity index (χ2n) is 5.92. The molecule has 2 N–H and O–H groups in total. The Bertz CT molecular complexity index is 428. The lowest BCUT2D eigenvalue weighted by Gasteiger charge is -2.34. The minimum atomic E-state index is 0.158. The number of nitrogens with two attached hydrogens (primary N) is 1. The topological polar surface area (TPSA) is 56.3 Å². The third-order valence-electron chi connectivity index (χ3n) is 4.05. The van der Waals surface area contributed by atoms with Gasteiger partial charge >= 0.3 is 0 Å². The van der Waals surface area contributed by atoms with Crippen molar-refractivity contribution in [2.45, 2.75) is 59.0 Å². The molecule has 0 radical (unpaired) electrons. The molecule has 1 heterocycles. The predicted octanol–water partition coefficient (Wildman–Crippen LogP) is 2.64. The summed E-state index contributed by atoms with van der Waals surface area (Å²) in [4.78, 5) is 2.47. The Balaban J connectivity index is 3.08. The highest BCUT2D eigenvalue weighted by molar-refractivity contribution is 5.34. The maximum Gasteiger partial charge on any atom is 0.216 e. The van der Waals surface area contributed by atoms with Crippen LogP contribution < -0.4 is 10.5 Å². The first-order valence-electron chi connectivity index (χ1n) is 8.01. The van der Waals surface area contributed by atoms with Gasteiger partial charge in [0.1, 0.15) is 0 Å². The molecule has 0 amide bonds. The number of aryl methyl sites for hydroxylation is 2. The molecule has 0 aromatic carbocycles. The molecule has 0 fully saturated rings. The molecule has 5 heteroatoms. The van der Waals surface area contributed by atoms with Crippen molar-refractivity contribution < 1.29 is 4.74 Å². The first kappa shape index (κ1) is 18.0. The molecule has 21 heavy (non-hydrogen) atoms. The Morgan fingerprint density at radius 3 is 2.48 bits per heavy atom. The van der Waals surface area contributed by atoms with Gasteiger partial charge in [-0.05, 0) is 33.7 Å². The van der Waals surface area contributed by atoms with Gasteiger partial charge in [-0.15, -0.1) is 0 Å². The van der Waals surface area contributed by atoms with E-state index in [1.165, 1.54) is 19.3 Å². The zero-order chi connectivity index (χ0) is 16.0. The summed E-state index contributed by atoms with van der Waals surface area (Å²) < 4.78 is 7.36. The van der Waals surface area contributed by atoms with Crippen LogP contribution >= 0.6 is 0 Å². The van der Waals surface area contributed by atoms with Crippen LogP contribution in [-0.2, 0) is 7.05 Å². The summed E-state index contributed by atoms with van der Waals surface area (Å²) in [5.74, 6) is 0.823. The van der Waals surface area contributed by atoms with Crippen molar-refractivity contribution in [2.75, 3.05) is 20.2 Å². The van der Waals surface area contributed by atoms with E-state index in [0.717, 1.165) is 23.7 Å². The number of rotatable bonds is 9. The van der Waals surface area contributed by atoms with Gasteiger partial charge < -0.3 is 10.5 Å². The van der Waals surface area contributed by atoms with Gasteiger partial charge in [0.2, 0.25) is 5.88 Å². The van der Waals surface area contributed by atoms with Crippen molar-refractivity contribution in [1.29, 1.82) is 0 Å². The molecule has 1 aromatic rings. The third-order valence-corrected chi connectivity index (χ3v) is 4.05. The largest absolute Gasteiger partial charge is 0.481 e. The van der Waals surface area contributed by atoms with Crippen LogP contribution in [0.2, 0.25) is 0 Å². The van der Waals surface area contributed by atoms with Crippen LogP contribution in [0, 0.1) is 6.92 Å². The van der Waals surface area contributed by atoms with Gasteiger partial charge in [-0.1, -0.05) is 19.8 Å². The van der Waals surface area contributed by atoms with Crippen molar-refractivity contribution in [3.05, 3.63) is 11.3 Å². The normalized spacial score (nSPS) is 13.2. The zero-order valence-electron chi connectivity index (χ0n) is 14.5. The Hall–Kier alpha value is -1.07. The Morgan fingerprint density at radius 1 is 1.33 bits per heavy atom. The highest BCUT2D eigenvalue weighted by Gasteiger charge is 2.28. The molecule has 0 saturated carbocycles. The van der Waals surface area contributed by atoms with Crippen molar-refractivity contribution in [3.8, 4) is 5.88 Å². The van der Waals surface area contributed by atoms with Gasteiger partial charge in [-0.3, -0.25) is 4.90 Å². The smallest absolute Gasteiger partial charge is 0.216 e. The van der Waals surface area contributed by atoms with Gasteiger partial charge in [0.05, 0.1) is 24.4 Å². The van der Waals surface area contributed by atoms with Crippen molar-refractivity contribution in [2.24, 2.45) is 12.8 Å². The van der Waals surface area contributed by atoms with Gasteiger partial charge in [0.15, 0.2) is 0 Å². The average molecular weight is 296 g/mol. The van der Waals surface area contributed by atoms with E-state index in [0.29, 0.717) is 12.6 Å². The molecule has 1 unspecified atom stereocenters. The quantitative estimate of drug-likeness (QED) is 0.712. The minimum absolute atomic E-state index is 0.158. The minimum Gasteiger partial charge on any atom is -0.481 e. The maximum absolute atomic E-state index is 6.12. The molecule has 5 nitrogen and oxygen atoms in total. The lowest BCUT2D eigenvalue weighted by Crippen LogP contribution is -2.39. The third kappa shape index (κ3) is 4.20. The molecule has 1 rings (SSSR count).